The highest BCUT2D eigenvalue weighted by Gasteiger charge is 2.51. The molecule has 402 valence electrons. The summed E-state index contributed by atoms with van der Waals surface area (Å²) in [7, 11) is 3.46. The summed E-state index contributed by atoms with van der Waals surface area (Å²) in [5.41, 5.74) is 32.9. The molecule has 7 heterocycles. The molecule has 1 aliphatic heterocycles. The molecule has 0 aliphatic carbocycles. The van der Waals surface area contributed by atoms with Crippen LogP contribution in [0.3, 0.4) is 0 Å². The van der Waals surface area contributed by atoms with Crippen LogP contribution in [-0.2, 0) is 23.4 Å². The third-order valence-corrected chi connectivity index (χ3v) is 14.2. The molecule has 78 heavy (non-hydrogen) atoms. The molecule has 0 amide bonds. The molecule has 18 nitrogen and oxygen atoms in total. The Labute approximate surface area is 464 Å². The number of fused-ring (bicyclic) bond motifs is 2. The highest BCUT2D eigenvalue weighted by Crippen LogP contribution is 2.43. The molecule has 0 unspecified atom stereocenters. The van der Waals surface area contributed by atoms with Gasteiger partial charge in [-0.1, -0.05) is 51.3 Å². The van der Waals surface area contributed by atoms with Gasteiger partial charge in [-0.3, -0.25) is 0 Å². The van der Waals surface area contributed by atoms with Gasteiger partial charge in [-0.15, -0.1) is 0 Å². The Kier molecular flexibility index (Phi) is 17.0. The van der Waals surface area contributed by atoms with Crippen LogP contribution in [0, 0.1) is 29.2 Å². The van der Waals surface area contributed by atoms with Crippen molar-refractivity contribution in [2.45, 2.75) is 67.6 Å². The highest BCUT2D eigenvalue weighted by atomic mass is 127. The van der Waals surface area contributed by atoms with Gasteiger partial charge in [-0.2, -0.15) is 0 Å². The minimum atomic E-state index is -0.562. The number of hydrogen-bond acceptors (Lipinski definition) is 16. The molecule has 1 saturated heterocycles. The van der Waals surface area contributed by atoms with Gasteiger partial charge in [0.2, 0.25) is 0 Å². The first-order chi connectivity index (χ1) is 36.2. The van der Waals surface area contributed by atoms with Gasteiger partial charge < -0.3 is 50.9 Å². The Morgan fingerprint density at radius 1 is 0.551 bits per heavy atom. The zero-order chi connectivity index (χ0) is 54.2. The van der Waals surface area contributed by atoms with E-state index in [-0.39, 0.29) is 56.7 Å². The number of ether oxygens (including phenoxy) is 2. The maximum atomic E-state index is 15.2. The summed E-state index contributed by atoms with van der Waals surface area (Å²) < 4.78 is 57.4. The number of halogens is 3. The van der Waals surface area contributed by atoms with E-state index in [1.807, 2.05) is 106 Å². The highest BCUT2D eigenvalue weighted by molar-refractivity contribution is 14.1. The third kappa shape index (κ3) is 11.6. The summed E-state index contributed by atoms with van der Waals surface area (Å²) in [6, 6.07) is 28.1. The second-order valence-electron chi connectivity index (χ2n) is 18.8. The number of nitrogens with zero attached hydrogens (tertiary/aromatic N) is 10. The van der Waals surface area contributed by atoms with E-state index >= 15 is 4.39 Å². The van der Waals surface area contributed by atoms with Gasteiger partial charge >= 0.3 is 19.1 Å². The number of hydrogen-bond donors (Lipinski definition) is 4. The Morgan fingerprint density at radius 2 is 0.974 bits per heavy atom. The maximum Gasteiger partial charge on any atom is 0.494 e. The summed E-state index contributed by atoms with van der Waals surface area (Å²) >= 11 is 2.19. The van der Waals surface area contributed by atoms with Crippen LogP contribution in [0.25, 0.3) is 55.6 Å². The van der Waals surface area contributed by atoms with Crippen molar-refractivity contribution in [3.8, 4) is 57.0 Å². The van der Waals surface area contributed by atoms with Crippen molar-refractivity contribution in [3.05, 3.63) is 149 Å². The lowest BCUT2D eigenvalue weighted by Crippen LogP contribution is -2.41. The summed E-state index contributed by atoms with van der Waals surface area (Å²) in [6.07, 6.45) is 5.94. The van der Waals surface area contributed by atoms with Crippen LogP contribution in [0.1, 0.15) is 53.9 Å². The van der Waals surface area contributed by atoms with Gasteiger partial charge in [0.1, 0.15) is 35.6 Å². The zero-order valence-electron chi connectivity index (χ0n) is 42.7. The van der Waals surface area contributed by atoms with Crippen molar-refractivity contribution < 1.29 is 27.6 Å². The number of benzene rings is 4. The van der Waals surface area contributed by atoms with Crippen molar-refractivity contribution >= 4 is 80.2 Å². The standard InChI is InChI=1S/C24H20FN7O.C18H14FIN6O.C12H18BNO2.2CH4/c1-13-9-10-28-24(31-13)33-18-8-5-15(11-17(18)25)19-20-22(27)29-12-30-23(20)32(2)21(19)14-3-6-16(26)7-4-14;1-9-5-6-22-18(25-9)27-12-4-3-10(7-11(12)19)13-14-16(21)23-8-24-17(14)26(2)15(13)20;1-11(2)12(3,4)16-13(15-11)9-5-7-10(14)8-6-9;;/h3-12H,26H2,1-2H3,(H2,27,29,30);3-8H,1-2H3,(H2,21,23,24);5-8H,14H2,1-4H3;2*1H4. The molecule has 11 rings (SSSR count). The first-order valence-electron chi connectivity index (χ1n) is 23.6. The molecular weight excluding hydrogens is 1110 g/mol. The molecule has 0 atom stereocenters. The van der Waals surface area contributed by atoms with Gasteiger partial charge in [-0.05, 0) is 147 Å². The lowest BCUT2D eigenvalue weighted by Gasteiger charge is -2.32. The molecule has 1 aliphatic rings. The second-order valence-corrected chi connectivity index (χ2v) is 19.8. The first kappa shape index (κ1) is 57.4. The maximum absolute atomic E-state index is 15.2. The molecular formula is C56H60BF2IN14O4. The topological polar surface area (TPSA) is 254 Å². The molecule has 4 aromatic carbocycles. The van der Waals surface area contributed by atoms with Crippen LogP contribution < -0.4 is 37.9 Å². The average molecular weight is 1170 g/mol. The van der Waals surface area contributed by atoms with E-state index in [4.69, 9.17) is 41.7 Å². The van der Waals surface area contributed by atoms with Gasteiger partial charge in [-0.25, -0.2) is 48.7 Å². The summed E-state index contributed by atoms with van der Waals surface area (Å²) in [5.74, 6) is -0.371. The number of anilines is 4. The van der Waals surface area contributed by atoms with E-state index in [1.165, 1.54) is 24.8 Å². The van der Waals surface area contributed by atoms with Crippen molar-refractivity contribution in [1.29, 1.82) is 0 Å². The Bertz CT molecular complexity index is 3770. The number of aryl methyl sites for hydroxylation is 4. The van der Waals surface area contributed by atoms with Gasteiger partial charge in [0.15, 0.2) is 23.1 Å². The van der Waals surface area contributed by atoms with Crippen LogP contribution in [-0.4, -0.2) is 67.3 Å². The smallest absolute Gasteiger partial charge is 0.421 e. The first-order valence-corrected chi connectivity index (χ1v) is 24.7. The SMILES string of the molecule is C.C.CC1(C)OB(c2ccc(N)cc2)OC1(C)C.Cc1ccnc(Oc2ccc(-c3c(-c4ccc(N)cc4)n(C)c4ncnc(N)c34)cc2F)n1.Cc1ccnc(Oc2ccc(-c3c(I)n(C)c4ncnc(N)c34)cc2F)n1. The Hall–Kier alpha value is -8.35. The molecule has 1 fully saturated rings. The number of aromatic nitrogens is 10. The fourth-order valence-electron chi connectivity index (χ4n) is 8.30. The lowest BCUT2D eigenvalue weighted by atomic mass is 9.79. The van der Waals surface area contributed by atoms with Crippen molar-refractivity contribution in [2.75, 3.05) is 22.9 Å². The minimum absolute atomic E-state index is 0. The molecule has 0 spiro atoms. The minimum Gasteiger partial charge on any atom is -0.421 e. The summed E-state index contributed by atoms with van der Waals surface area (Å²) in [4.78, 5) is 33.2. The Morgan fingerprint density at radius 3 is 1.44 bits per heavy atom. The van der Waals surface area contributed by atoms with Crippen molar-refractivity contribution in [2.24, 2.45) is 14.1 Å². The average Bonchev–Trinajstić information content (AvgIpc) is 3.98. The van der Waals surface area contributed by atoms with E-state index in [9.17, 15) is 4.39 Å². The fourth-order valence-corrected chi connectivity index (χ4v) is 9.11. The number of rotatable bonds is 8. The molecule has 6 aromatic heterocycles. The van der Waals surface area contributed by atoms with Crippen LogP contribution in [0.5, 0.6) is 23.5 Å². The van der Waals surface area contributed by atoms with E-state index in [1.54, 1.807) is 55.7 Å². The van der Waals surface area contributed by atoms with Gasteiger partial charge in [0.05, 0.1) is 31.4 Å². The molecule has 0 bridgehead atoms. The summed E-state index contributed by atoms with van der Waals surface area (Å²) in [6.45, 7) is 11.8. The zero-order valence-corrected chi connectivity index (χ0v) is 44.8. The molecule has 0 saturated carbocycles. The normalized spacial score (nSPS) is 13.1. The molecule has 0 radical (unpaired) electrons. The second kappa shape index (κ2) is 23.1. The van der Waals surface area contributed by atoms with Crippen molar-refractivity contribution in [3.63, 3.8) is 0 Å². The van der Waals surface area contributed by atoms with Crippen LogP contribution >= 0.6 is 22.6 Å². The predicted molar refractivity (Wildman–Crippen MR) is 313 cm³/mol. The van der Waals surface area contributed by atoms with E-state index in [0.29, 0.717) is 56.1 Å². The number of nitrogen functional groups attached to an aromatic ring is 4. The molecule has 8 N–H and O–H groups in total. The van der Waals surface area contributed by atoms with E-state index in [2.05, 4.69) is 62.5 Å². The largest absolute Gasteiger partial charge is 0.494 e. The van der Waals surface area contributed by atoms with E-state index in [0.717, 1.165) is 43.1 Å². The van der Waals surface area contributed by atoms with Crippen molar-refractivity contribution in [1.82, 2.24) is 49.0 Å². The summed E-state index contributed by atoms with van der Waals surface area (Å²) in [5, 5.41) is 1.33. The van der Waals surface area contributed by atoms with Crippen LogP contribution in [0.2, 0.25) is 0 Å². The third-order valence-electron chi connectivity index (χ3n) is 13.0. The fraction of sp³-hybridized carbons (Fsp3) is 0.214. The van der Waals surface area contributed by atoms with Gasteiger partial charge in [0, 0.05) is 60.4 Å². The molecule has 22 heteroatoms. The lowest BCUT2D eigenvalue weighted by molar-refractivity contribution is 0.00578. The Balaban J connectivity index is 0.000000177. The monoisotopic (exact) mass is 1170 g/mol. The predicted octanol–water partition coefficient (Wildman–Crippen LogP) is 11.2. The molecule has 10 aromatic rings. The van der Waals surface area contributed by atoms with E-state index < -0.39 is 11.6 Å². The quantitative estimate of drug-likeness (QED) is 0.0627. The van der Waals surface area contributed by atoms with Crippen LogP contribution in [0.15, 0.2) is 122 Å². The van der Waals surface area contributed by atoms with Crippen LogP contribution in [0.4, 0.5) is 31.8 Å². The number of nitrogens with two attached hydrogens (primary N) is 4. The van der Waals surface area contributed by atoms with Gasteiger partial charge in [0.25, 0.3) is 0 Å².